The Balaban J connectivity index is 1.98. The number of rotatable bonds is 4. The van der Waals surface area contributed by atoms with Crippen LogP contribution in [0, 0.1) is 5.92 Å². The second-order valence-corrected chi connectivity index (χ2v) is 4.16. The zero-order valence-corrected chi connectivity index (χ0v) is 8.40. The lowest BCUT2D eigenvalue weighted by molar-refractivity contribution is 0.376. The first-order valence-electron chi connectivity index (χ1n) is 5.23. The molecule has 0 atom stereocenters. The molecule has 0 aromatic carbocycles. The van der Waals surface area contributed by atoms with Crippen molar-refractivity contribution in [3.63, 3.8) is 0 Å². The van der Waals surface area contributed by atoms with Crippen LogP contribution in [0.5, 0.6) is 0 Å². The minimum Gasteiger partial charge on any atom is -0.317 e. The highest BCUT2D eigenvalue weighted by Crippen LogP contribution is 2.03. The van der Waals surface area contributed by atoms with E-state index in [-0.39, 0.29) is 0 Å². The van der Waals surface area contributed by atoms with Gasteiger partial charge in [0.15, 0.2) is 0 Å². The van der Waals surface area contributed by atoms with Crippen molar-refractivity contribution in [1.82, 2.24) is 10.6 Å². The molecule has 2 heteroatoms. The summed E-state index contributed by atoms with van der Waals surface area (Å²) in [6, 6.07) is 0.782. The SMILES string of the molecule is CC(C)CCNC1CCNCC1. The van der Waals surface area contributed by atoms with Gasteiger partial charge in [-0.25, -0.2) is 0 Å². The topological polar surface area (TPSA) is 24.1 Å². The van der Waals surface area contributed by atoms with E-state index in [4.69, 9.17) is 0 Å². The fraction of sp³-hybridized carbons (Fsp3) is 1.00. The van der Waals surface area contributed by atoms with E-state index in [1.165, 1.54) is 38.9 Å². The van der Waals surface area contributed by atoms with Crippen molar-refractivity contribution in [2.24, 2.45) is 5.92 Å². The minimum absolute atomic E-state index is 0.782. The van der Waals surface area contributed by atoms with E-state index >= 15 is 0 Å². The van der Waals surface area contributed by atoms with Crippen LogP contribution in [0.2, 0.25) is 0 Å². The Morgan fingerprint density at radius 2 is 2.00 bits per heavy atom. The highest BCUT2D eigenvalue weighted by molar-refractivity contribution is 4.74. The van der Waals surface area contributed by atoms with E-state index in [1.54, 1.807) is 0 Å². The van der Waals surface area contributed by atoms with E-state index in [2.05, 4.69) is 24.5 Å². The second-order valence-electron chi connectivity index (χ2n) is 4.16. The fourth-order valence-corrected chi connectivity index (χ4v) is 1.60. The Labute approximate surface area is 76.1 Å². The van der Waals surface area contributed by atoms with Gasteiger partial charge in [-0.2, -0.15) is 0 Å². The van der Waals surface area contributed by atoms with Crippen molar-refractivity contribution in [2.45, 2.75) is 39.2 Å². The molecule has 0 radical (unpaired) electrons. The number of piperidine rings is 1. The molecule has 0 bridgehead atoms. The molecule has 0 aromatic rings. The lowest BCUT2D eigenvalue weighted by Gasteiger charge is -2.24. The summed E-state index contributed by atoms with van der Waals surface area (Å²) in [5.41, 5.74) is 0. The largest absolute Gasteiger partial charge is 0.317 e. The molecule has 0 aromatic heterocycles. The van der Waals surface area contributed by atoms with Crippen LogP contribution in [0.1, 0.15) is 33.1 Å². The van der Waals surface area contributed by atoms with E-state index in [0.717, 1.165) is 12.0 Å². The van der Waals surface area contributed by atoms with Crippen molar-refractivity contribution in [2.75, 3.05) is 19.6 Å². The summed E-state index contributed by atoms with van der Waals surface area (Å²) in [7, 11) is 0. The first kappa shape index (κ1) is 10.0. The van der Waals surface area contributed by atoms with Gasteiger partial charge in [-0.1, -0.05) is 13.8 Å². The summed E-state index contributed by atoms with van der Waals surface area (Å²) in [5, 5.41) is 6.99. The van der Waals surface area contributed by atoms with Crippen molar-refractivity contribution in [3.8, 4) is 0 Å². The molecule has 1 aliphatic heterocycles. The molecular weight excluding hydrogens is 148 g/mol. The molecule has 1 aliphatic rings. The van der Waals surface area contributed by atoms with Crippen LogP contribution in [0.3, 0.4) is 0 Å². The van der Waals surface area contributed by atoms with E-state index in [9.17, 15) is 0 Å². The van der Waals surface area contributed by atoms with Gasteiger partial charge in [0.2, 0.25) is 0 Å². The second kappa shape index (κ2) is 5.55. The third-order valence-corrected chi connectivity index (χ3v) is 2.49. The van der Waals surface area contributed by atoms with Crippen LogP contribution in [-0.2, 0) is 0 Å². The molecule has 0 spiro atoms. The van der Waals surface area contributed by atoms with Gasteiger partial charge in [0.1, 0.15) is 0 Å². The lowest BCUT2D eigenvalue weighted by Crippen LogP contribution is -2.40. The van der Waals surface area contributed by atoms with Crippen LogP contribution in [0.25, 0.3) is 0 Å². The average molecular weight is 170 g/mol. The van der Waals surface area contributed by atoms with Crippen molar-refractivity contribution in [1.29, 1.82) is 0 Å². The Kier molecular flexibility index (Phi) is 4.62. The van der Waals surface area contributed by atoms with Gasteiger partial charge in [0.25, 0.3) is 0 Å². The third-order valence-electron chi connectivity index (χ3n) is 2.49. The van der Waals surface area contributed by atoms with Crippen LogP contribution in [0.4, 0.5) is 0 Å². The van der Waals surface area contributed by atoms with Crippen LogP contribution in [-0.4, -0.2) is 25.7 Å². The van der Waals surface area contributed by atoms with Gasteiger partial charge in [0, 0.05) is 6.04 Å². The molecule has 1 saturated heterocycles. The normalized spacial score (nSPS) is 20.2. The van der Waals surface area contributed by atoms with Gasteiger partial charge < -0.3 is 10.6 Å². The van der Waals surface area contributed by atoms with E-state index < -0.39 is 0 Å². The summed E-state index contributed by atoms with van der Waals surface area (Å²) in [5.74, 6) is 0.833. The van der Waals surface area contributed by atoms with Crippen LogP contribution < -0.4 is 10.6 Å². The fourth-order valence-electron chi connectivity index (χ4n) is 1.60. The predicted octanol–water partition coefficient (Wildman–Crippen LogP) is 1.37. The Morgan fingerprint density at radius 3 is 2.58 bits per heavy atom. The molecule has 12 heavy (non-hydrogen) atoms. The number of hydrogen-bond acceptors (Lipinski definition) is 2. The highest BCUT2D eigenvalue weighted by atomic mass is 15.0. The summed E-state index contributed by atoms with van der Waals surface area (Å²) >= 11 is 0. The predicted molar refractivity (Wildman–Crippen MR) is 53.3 cm³/mol. The van der Waals surface area contributed by atoms with Gasteiger partial charge in [-0.3, -0.25) is 0 Å². The Morgan fingerprint density at radius 1 is 1.33 bits per heavy atom. The summed E-state index contributed by atoms with van der Waals surface area (Å²) in [4.78, 5) is 0. The first-order valence-corrected chi connectivity index (χ1v) is 5.23. The number of hydrogen-bond donors (Lipinski definition) is 2. The molecule has 0 unspecified atom stereocenters. The third kappa shape index (κ3) is 4.07. The smallest absolute Gasteiger partial charge is 0.00912 e. The van der Waals surface area contributed by atoms with Gasteiger partial charge in [-0.15, -0.1) is 0 Å². The molecule has 0 saturated carbocycles. The quantitative estimate of drug-likeness (QED) is 0.666. The first-order chi connectivity index (χ1) is 5.79. The van der Waals surface area contributed by atoms with E-state index in [0.29, 0.717) is 0 Å². The van der Waals surface area contributed by atoms with Gasteiger partial charge in [0.05, 0.1) is 0 Å². The Hall–Kier alpha value is -0.0800. The zero-order valence-electron chi connectivity index (χ0n) is 8.40. The highest BCUT2D eigenvalue weighted by Gasteiger charge is 2.11. The van der Waals surface area contributed by atoms with E-state index in [1.807, 2.05) is 0 Å². The molecule has 1 heterocycles. The monoisotopic (exact) mass is 170 g/mol. The molecule has 1 fully saturated rings. The number of nitrogens with one attached hydrogen (secondary N) is 2. The van der Waals surface area contributed by atoms with Crippen molar-refractivity contribution < 1.29 is 0 Å². The maximum atomic E-state index is 3.61. The van der Waals surface area contributed by atoms with Crippen LogP contribution >= 0.6 is 0 Å². The molecule has 2 nitrogen and oxygen atoms in total. The van der Waals surface area contributed by atoms with Crippen LogP contribution in [0.15, 0.2) is 0 Å². The Bertz CT molecular complexity index is 106. The van der Waals surface area contributed by atoms with Gasteiger partial charge in [-0.05, 0) is 44.8 Å². The maximum Gasteiger partial charge on any atom is 0.00912 e. The van der Waals surface area contributed by atoms with Crippen molar-refractivity contribution >= 4 is 0 Å². The molecule has 72 valence electrons. The average Bonchev–Trinajstić information content (AvgIpc) is 2.05. The molecule has 2 N–H and O–H groups in total. The maximum absolute atomic E-state index is 3.61. The lowest BCUT2D eigenvalue weighted by atomic mass is 10.1. The molecule has 1 rings (SSSR count). The summed E-state index contributed by atoms with van der Waals surface area (Å²) in [6.07, 6.45) is 3.92. The zero-order chi connectivity index (χ0) is 8.81. The van der Waals surface area contributed by atoms with Gasteiger partial charge >= 0.3 is 0 Å². The molecular formula is C10H22N2. The standard InChI is InChI=1S/C10H22N2/c1-9(2)3-8-12-10-4-6-11-7-5-10/h9-12H,3-8H2,1-2H3. The minimum atomic E-state index is 0.782. The molecule has 0 aliphatic carbocycles. The van der Waals surface area contributed by atoms with Crippen molar-refractivity contribution in [3.05, 3.63) is 0 Å². The summed E-state index contributed by atoms with van der Waals surface area (Å²) < 4.78 is 0. The molecule has 0 amide bonds. The summed E-state index contributed by atoms with van der Waals surface area (Å²) in [6.45, 7) is 8.15.